The lowest BCUT2D eigenvalue weighted by Crippen LogP contribution is -2.44. The summed E-state index contributed by atoms with van der Waals surface area (Å²) in [5.74, 6) is 1.15. The molecule has 2 aliphatic rings. The van der Waals surface area contributed by atoms with Crippen molar-refractivity contribution in [2.45, 2.75) is 39.7 Å². The number of hydrogen-bond acceptors (Lipinski definition) is 2. The van der Waals surface area contributed by atoms with E-state index in [9.17, 15) is 17.3 Å². The average Bonchev–Trinajstić information content (AvgIpc) is 2.89. The van der Waals surface area contributed by atoms with Crippen LogP contribution in [0.2, 0.25) is 0 Å². The fourth-order valence-corrected chi connectivity index (χ4v) is 3.01. The van der Waals surface area contributed by atoms with E-state index in [1.54, 1.807) is 0 Å². The van der Waals surface area contributed by atoms with E-state index in [0.29, 0.717) is 11.5 Å². The quantitative estimate of drug-likeness (QED) is 0.379. The van der Waals surface area contributed by atoms with Gasteiger partial charge in [0.15, 0.2) is 5.82 Å². The van der Waals surface area contributed by atoms with Gasteiger partial charge in [-0.3, -0.25) is 4.90 Å². The zero-order valence-corrected chi connectivity index (χ0v) is 14.1. The Kier molecular flexibility index (Phi) is 5.35. The summed E-state index contributed by atoms with van der Waals surface area (Å²) in [6.07, 6.45) is 4.64. The molecule has 2 aliphatic heterocycles. The molecule has 0 aromatic heterocycles. The zero-order chi connectivity index (χ0) is 18.0. The highest BCUT2D eigenvalue weighted by atomic mass is 19.5. The highest BCUT2D eigenvalue weighted by Crippen LogP contribution is 2.37. The number of azo groups is 2. The van der Waals surface area contributed by atoms with Crippen molar-refractivity contribution in [3.8, 4) is 0 Å². The topological polar surface area (TPSA) is 18.6 Å². The van der Waals surface area contributed by atoms with Crippen molar-refractivity contribution in [1.29, 1.82) is 0 Å². The number of halogens is 4. The second-order valence-electron chi connectivity index (χ2n) is 6.96. The third kappa shape index (κ3) is 5.07. The molecule has 3 nitrogen and oxygen atoms in total. The summed E-state index contributed by atoms with van der Waals surface area (Å²) in [6, 6.07) is 11.0. The molecule has 1 atom stereocenters. The standard InChI is InChI=1S/C16H22N3.BF4/c1-16(2,3)14-10-7-11-15-17-19(12-18(14)15)13-8-5-4-6-9-13;2-1(3,4)5/h4-6,8-9,11,14H,7,10,12H2,1-3H3;/q+1;-1/t14-;/m1./s1. The molecule has 0 saturated carbocycles. The normalized spacial score (nSPS) is 20.6. The third-order valence-electron chi connectivity index (χ3n) is 4.00. The predicted molar refractivity (Wildman–Crippen MR) is 86.2 cm³/mol. The first-order chi connectivity index (χ1) is 11.1. The van der Waals surface area contributed by atoms with Crippen molar-refractivity contribution in [3.05, 3.63) is 42.2 Å². The summed E-state index contributed by atoms with van der Waals surface area (Å²) in [6.45, 7) is 7.85. The van der Waals surface area contributed by atoms with Crippen LogP contribution in [-0.2, 0) is 0 Å². The Labute approximate surface area is 139 Å². The Bertz CT molecular complexity index is 614. The molecule has 1 aromatic carbocycles. The van der Waals surface area contributed by atoms with Gasteiger partial charge in [-0.15, -0.1) is 0 Å². The molecular weight excluding hydrogens is 321 g/mol. The Balaban J connectivity index is 0.000000368. The van der Waals surface area contributed by atoms with Gasteiger partial charge < -0.3 is 17.3 Å². The second-order valence-corrected chi connectivity index (χ2v) is 6.96. The molecule has 0 bridgehead atoms. The summed E-state index contributed by atoms with van der Waals surface area (Å²) < 4.78 is 41.1. The summed E-state index contributed by atoms with van der Waals surface area (Å²) in [5, 5.41) is 4.76. The average molecular weight is 343 g/mol. The molecule has 0 saturated heterocycles. The number of hydrogen-bond donors (Lipinski definition) is 0. The van der Waals surface area contributed by atoms with Gasteiger partial charge in [0.05, 0.1) is 0 Å². The highest BCUT2D eigenvalue weighted by Gasteiger charge is 2.40. The molecule has 2 heterocycles. The van der Waals surface area contributed by atoms with E-state index >= 15 is 0 Å². The van der Waals surface area contributed by atoms with E-state index in [1.807, 2.05) is 6.07 Å². The lowest BCUT2D eigenvalue weighted by molar-refractivity contribution is -0.511. The van der Waals surface area contributed by atoms with Gasteiger partial charge in [0.2, 0.25) is 5.69 Å². The van der Waals surface area contributed by atoms with Gasteiger partial charge in [0, 0.05) is 23.3 Å². The van der Waals surface area contributed by atoms with E-state index < -0.39 is 7.25 Å². The number of fused-ring (bicyclic) bond motifs is 1. The van der Waals surface area contributed by atoms with Crippen LogP contribution >= 0.6 is 0 Å². The first kappa shape index (κ1) is 18.5. The van der Waals surface area contributed by atoms with E-state index in [1.165, 1.54) is 12.1 Å². The lowest BCUT2D eigenvalue weighted by atomic mass is 9.82. The molecule has 3 rings (SSSR count). The molecule has 0 N–H and O–H groups in total. The summed E-state index contributed by atoms with van der Waals surface area (Å²) in [4.78, 5) is 2.45. The molecular formula is C16H22BF4N3. The van der Waals surface area contributed by atoms with E-state index in [2.05, 4.69) is 60.7 Å². The Morgan fingerprint density at radius 2 is 1.71 bits per heavy atom. The SMILES string of the molecule is CC(C)(C)[C@H]1CCC=C2N=[N+](c3ccccc3)CN21.F[B-](F)(F)F. The van der Waals surface area contributed by atoms with Crippen molar-refractivity contribution < 1.29 is 22.0 Å². The zero-order valence-electron chi connectivity index (χ0n) is 14.1. The molecule has 0 radical (unpaired) electrons. The lowest BCUT2D eigenvalue weighted by Gasteiger charge is -2.38. The second kappa shape index (κ2) is 6.95. The maximum Gasteiger partial charge on any atom is 0.673 e. The van der Waals surface area contributed by atoms with Crippen molar-refractivity contribution >= 4 is 12.9 Å². The van der Waals surface area contributed by atoms with Crippen LogP contribution in [-0.4, -0.2) is 29.6 Å². The fourth-order valence-electron chi connectivity index (χ4n) is 3.01. The summed E-state index contributed by atoms with van der Waals surface area (Å²) in [7, 11) is -6.00. The molecule has 132 valence electrons. The Morgan fingerprint density at radius 1 is 1.12 bits per heavy atom. The predicted octanol–water partition coefficient (Wildman–Crippen LogP) is 5.41. The van der Waals surface area contributed by atoms with Gasteiger partial charge in [-0.25, -0.2) is 0 Å². The van der Waals surface area contributed by atoms with Crippen LogP contribution in [0, 0.1) is 5.41 Å². The molecule has 0 amide bonds. The van der Waals surface area contributed by atoms with E-state index in [0.717, 1.165) is 18.9 Å². The van der Waals surface area contributed by atoms with Gasteiger partial charge in [-0.1, -0.05) is 43.7 Å². The number of benzene rings is 1. The molecule has 1 aromatic rings. The summed E-state index contributed by atoms with van der Waals surface area (Å²) >= 11 is 0. The maximum absolute atomic E-state index is 9.75. The first-order valence-electron chi connectivity index (χ1n) is 7.94. The first-order valence-corrected chi connectivity index (χ1v) is 7.94. The van der Waals surface area contributed by atoms with E-state index in [4.69, 9.17) is 5.11 Å². The van der Waals surface area contributed by atoms with Gasteiger partial charge >= 0.3 is 7.25 Å². The molecule has 0 fully saturated rings. The number of allylic oxidation sites excluding steroid dienone is 1. The summed E-state index contributed by atoms with van der Waals surface area (Å²) in [5.41, 5.74) is 1.47. The van der Waals surface area contributed by atoms with Crippen LogP contribution < -0.4 is 0 Å². The van der Waals surface area contributed by atoms with Gasteiger partial charge in [-0.2, -0.15) is 0 Å². The molecule has 0 spiro atoms. The minimum Gasteiger partial charge on any atom is -0.418 e. The maximum atomic E-state index is 9.75. The monoisotopic (exact) mass is 343 g/mol. The van der Waals surface area contributed by atoms with Gasteiger partial charge in [-0.05, 0) is 24.3 Å². The minimum atomic E-state index is -6.00. The van der Waals surface area contributed by atoms with Crippen molar-refractivity contribution in [2.75, 3.05) is 6.67 Å². The van der Waals surface area contributed by atoms with Crippen molar-refractivity contribution in [1.82, 2.24) is 4.90 Å². The van der Waals surface area contributed by atoms with Crippen LogP contribution in [0.1, 0.15) is 33.6 Å². The molecule has 0 aliphatic carbocycles. The largest absolute Gasteiger partial charge is 0.673 e. The number of nitrogens with zero attached hydrogens (tertiary/aromatic N) is 3. The van der Waals surface area contributed by atoms with Crippen LogP contribution in [0.15, 0.2) is 47.3 Å². The van der Waals surface area contributed by atoms with Gasteiger partial charge in [0.25, 0.3) is 6.67 Å². The number of rotatable bonds is 1. The molecule has 0 unspecified atom stereocenters. The molecule has 8 heteroatoms. The van der Waals surface area contributed by atoms with Crippen LogP contribution in [0.25, 0.3) is 0 Å². The molecule has 24 heavy (non-hydrogen) atoms. The number of para-hydroxylation sites is 1. The van der Waals surface area contributed by atoms with E-state index in [-0.39, 0.29) is 0 Å². The Hall–Kier alpha value is -1.86. The fraction of sp³-hybridized carbons (Fsp3) is 0.500. The third-order valence-corrected chi connectivity index (χ3v) is 4.00. The highest BCUT2D eigenvalue weighted by molar-refractivity contribution is 6.50. The van der Waals surface area contributed by atoms with Crippen molar-refractivity contribution in [2.24, 2.45) is 10.5 Å². The van der Waals surface area contributed by atoms with Crippen molar-refractivity contribution in [3.63, 3.8) is 0 Å². The van der Waals surface area contributed by atoms with Crippen LogP contribution in [0.3, 0.4) is 0 Å². The van der Waals surface area contributed by atoms with Crippen LogP contribution in [0.4, 0.5) is 23.0 Å². The van der Waals surface area contributed by atoms with Gasteiger partial charge in [0.1, 0.15) is 0 Å². The van der Waals surface area contributed by atoms with Crippen LogP contribution in [0.5, 0.6) is 0 Å². The Morgan fingerprint density at radius 3 is 2.25 bits per heavy atom. The smallest absolute Gasteiger partial charge is 0.418 e. The minimum absolute atomic E-state index is 0.293.